The highest BCUT2D eigenvalue weighted by Crippen LogP contribution is 2.16. The van der Waals surface area contributed by atoms with Crippen LogP contribution in [0.1, 0.15) is 18.1 Å². The first-order valence-corrected chi connectivity index (χ1v) is 5.76. The van der Waals surface area contributed by atoms with E-state index in [1.807, 2.05) is 26.0 Å². The van der Waals surface area contributed by atoms with E-state index in [0.717, 1.165) is 11.1 Å². The fraction of sp³-hybridized carbons (Fsp3) is 0.385. The predicted octanol–water partition coefficient (Wildman–Crippen LogP) is 1.13. The van der Waals surface area contributed by atoms with Crippen LogP contribution in [0.25, 0.3) is 0 Å². The van der Waals surface area contributed by atoms with Crippen molar-refractivity contribution in [3.05, 3.63) is 29.3 Å². The smallest absolute Gasteiger partial charge is 0.332 e. The van der Waals surface area contributed by atoms with Crippen LogP contribution < -0.4 is 11.1 Å². The second-order valence-electron chi connectivity index (χ2n) is 4.04. The highest BCUT2D eigenvalue weighted by molar-refractivity contribution is 6.08. The molecule has 0 bridgehead atoms. The molecule has 0 saturated carbocycles. The largest absolute Gasteiger partial charge is 0.464 e. The standard InChI is InChI=1S/C13H18N2O3/c1-4-18-13(17)11(14)12(16)15-10-6-5-8(2)7-9(10)3/h5-7,11H,4,14H2,1-3H3,(H,15,16). The SMILES string of the molecule is CCOC(=O)C(N)C(=O)Nc1ccc(C)cc1C. The maximum atomic E-state index is 11.7. The number of carbonyl (C=O) groups is 2. The van der Waals surface area contributed by atoms with Gasteiger partial charge >= 0.3 is 5.97 Å². The van der Waals surface area contributed by atoms with Gasteiger partial charge in [-0.05, 0) is 32.4 Å². The molecule has 1 amide bonds. The molecule has 5 nitrogen and oxygen atoms in total. The number of aryl methyl sites for hydroxylation is 2. The summed E-state index contributed by atoms with van der Waals surface area (Å²) in [6.45, 7) is 5.69. The molecule has 3 N–H and O–H groups in total. The molecule has 1 aromatic rings. The van der Waals surface area contributed by atoms with E-state index >= 15 is 0 Å². The Kier molecular flexibility index (Phi) is 4.85. The number of anilines is 1. The maximum Gasteiger partial charge on any atom is 0.332 e. The third-order valence-corrected chi connectivity index (χ3v) is 2.46. The number of rotatable bonds is 4. The van der Waals surface area contributed by atoms with Crippen molar-refractivity contribution in [2.24, 2.45) is 5.73 Å². The van der Waals surface area contributed by atoms with Crippen LogP contribution in [0, 0.1) is 13.8 Å². The van der Waals surface area contributed by atoms with Crippen molar-refractivity contribution in [2.45, 2.75) is 26.8 Å². The van der Waals surface area contributed by atoms with E-state index in [-0.39, 0.29) is 6.61 Å². The van der Waals surface area contributed by atoms with Crippen LogP contribution in [0.3, 0.4) is 0 Å². The van der Waals surface area contributed by atoms with Crippen LogP contribution in [0.2, 0.25) is 0 Å². The van der Waals surface area contributed by atoms with Gasteiger partial charge in [0.15, 0.2) is 6.04 Å². The molecule has 5 heteroatoms. The molecule has 0 fully saturated rings. The van der Waals surface area contributed by atoms with Crippen molar-refractivity contribution in [1.29, 1.82) is 0 Å². The van der Waals surface area contributed by atoms with Crippen LogP contribution >= 0.6 is 0 Å². The fourth-order valence-electron chi connectivity index (χ4n) is 1.50. The topological polar surface area (TPSA) is 81.4 Å². The van der Waals surface area contributed by atoms with E-state index in [1.165, 1.54) is 0 Å². The number of nitrogens with two attached hydrogens (primary N) is 1. The summed E-state index contributed by atoms with van der Waals surface area (Å²) in [6, 6.07) is 4.29. The Balaban J connectivity index is 2.72. The van der Waals surface area contributed by atoms with Gasteiger partial charge < -0.3 is 15.8 Å². The van der Waals surface area contributed by atoms with E-state index in [1.54, 1.807) is 13.0 Å². The van der Waals surface area contributed by atoms with Crippen molar-refractivity contribution >= 4 is 17.6 Å². The molecule has 1 atom stereocenters. The minimum Gasteiger partial charge on any atom is -0.464 e. The number of esters is 1. The summed E-state index contributed by atoms with van der Waals surface area (Å²) in [7, 11) is 0. The summed E-state index contributed by atoms with van der Waals surface area (Å²) in [5, 5.41) is 2.61. The zero-order chi connectivity index (χ0) is 13.7. The quantitative estimate of drug-likeness (QED) is 0.620. The molecular formula is C13H18N2O3. The normalized spacial score (nSPS) is 11.8. The lowest BCUT2D eigenvalue weighted by Crippen LogP contribution is -2.43. The molecule has 98 valence electrons. The number of benzene rings is 1. The van der Waals surface area contributed by atoms with E-state index < -0.39 is 17.9 Å². The highest BCUT2D eigenvalue weighted by Gasteiger charge is 2.23. The van der Waals surface area contributed by atoms with Crippen LogP contribution in [0.4, 0.5) is 5.69 Å². The van der Waals surface area contributed by atoms with Crippen molar-refractivity contribution < 1.29 is 14.3 Å². The second kappa shape index (κ2) is 6.16. The first-order valence-electron chi connectivity index (χ1n) is 5.76. The lowest BCUT2D eigenvalue weighted by Gasteiger charge is -2.13. The van der Waals surface area contributed by atoms with Gasteiger partial charge in [0.05, 0.1) is 6.61 Å². The zero-order valence-corrected chi connectivity index (χ0v) is 10.8. The van der Waals surface area contributed by atoms with Crippen LogP contribution in [0.5, 0.6) is 0 Å². The number of ether oxygens (including phenoxy) is 1. The van der Waals surface area contributed by atoms with Crippen molar-refractivity contribution in [1.82, 2.24) is 0 Å². The van der Waals surface area contributed by atoms with E-state index in [9.17, 15) is 9.59 Å². The molecule has 1 rings (SSSR count). The molecule has 1 unspecified atom stereocenters. The lowest BCUT2D eigenvalue weighted by molar-refractivity contribution is -0.146. The van der Waals surface area contributed by atoms with Gasteiger partial charge in [-0.3, -0.25) is 4.79 Å². The Morgan fingerprint density at radius 3 is 2.61 bits per heavy atom. The Bertz CT molecular complexity index is 458. The molecule has 0 aliphatic rings. The van der Waals surface area contributed by atoms with Gasteiger partial charge in [-0.2, -0.15) is 0 Å². The summed E-state index contributed by atoms with van der Waals surface area (Å²) < 4.78 is 4.69. The van der Waals surface area contributed by atoms with E-state index in [0.29, 0.717) is 5.69 Å². The van der Waals surface area contributed by atoms with Gasteiger partial charge in [-0.15, -0.1) is 0 Å². The number of amides is 1. The fourth-order valence-corrected chi connectivity index (χ4v) is 1.50. The molecule has 0 aliphatic carbocycles. The number of carbonyl (C=O) groups excluding carboxylic acids is 2. The Hall–Kier alpha value is -1.88. The highest BCUT2D eigenvalue weighted by atomic mass is 16.5. The van der Waals surface area contributed by atoms with Gasteiger partial charge in [-0.1, -0.05) is 17.7 Å². The molecule has 0 aliphatic heterocycles. The summed E-state index contributed by atoms with van der Waals surface area (Å²) in [5.41, 5.74) is 8.15. The first-order chi connectivity index (χ1) is 8.45. The first kappa shape index (κ1) is 14.2. The molecule has 0 spiro atoms. The summed E-state index contributed by atoms with van der Waals surface area (Å²) >= 11 is 0. The molecule has 18 heavy (non-hydrogen) atoms. The van der Waals surface area contributed by atoms with Gasteiger partial charge in [0.25, 0.3) is 5.91 Å². The van der Waals surface area contributed by atoms with Crippen molar-refractivity contribution in [3.63, 3.8) is 0 Å². The molecule has 1 aromatic carbocycles. The van der Waals surface area contributed by atoms with Crippen LogP contribution in [-0.2, 0) is 14.3 Å². The average molecular weight is 250 g/mol. The molecule has 0 aromatic heterocycles. The Morgan fingerprint density at radius 1 is 1.39 bits per heavy atom. The minimum atomic E-state index is -1.30. The number of nitrogens with one attached hydrogen (secondary N) is 1. The Labute approximate surface area is 106 Å². The summed E-state index contributed by atoms with van der Waals surface area (Å²) in [6.07, 6.45) is 0. The van der Waals surface area contributed by atoms with Crippen LogP contribution in [-0.4, -0.2) is 24.5 Å². The Morgan fingerprint density at radius 2 is 2.06 bits per heavy atom. The number of hydrogen-bond donors (Lipinski definition) is 2. The van der Waals surface area contributed by atoms with E-state index in [2.05, 4.69) is 10.1 Å². The zero-order valence-electron chi connectivity index (χ0n) is 10.8. The second-order valence-corrected chi connectivity index (χ2v) is 4.04. The summed E-state index contributed by atoms with van der Waals surface area (Å²) in [4.78, 5) is 23.0. The molecule has 0 saturated heterocycles. The molecule has 0 radical (unpaired) electrons. The average Bonchev–Trinajstić information content (AvgIpc) is 2.32. The predicted molar refractivity (Wildman–Crippen MR) is 69.2 cm³/mol. The van der Waals surface area contributed by atoms with Gasteiger partial charge in [-0.25, -0.2) is 4.79 Å². The monoisotopic (exact) mass is 250 g/mol. The molecule has 0 heterocycles. The third kappa shape index (κ3) is 3.56. The minimum absolute atomic E-state index is 0.198. The summed E-state index contributed by atoms with van der Waals surface area (Å²) in [5.74, 6) is -1.29. The molecular weight excluding hydrogens is 232 g/mol. The van der Waals surface area contributed by atoms with Gasteiger partial charge in [0.2, 0.25) is 0 Å². The number of hydrogen-bond acceptors (Lipinski definition) is 4. The third-order valence-electron chi connectivity index (χ3n) is 2.46. The van der Waals surface area contributed by atoms with Gasteiger partial charge in [0, 0.05) is 5.69 Å². The van der Waals surface area contributed by atoms with E-state index in [4.69, 9.17) is 5.73 Å². The van der Waals surface area contributed by atoms with Crippen molar-refractivity contribution in [2.75, 3.05) is 11.9 Å². The van der Waals surface area contributed by atoms with Gasteiger partial charge in [0.1, 0.15) is 0 Å². The maximum absolute atomic E-state index is 11.7. The lowest BCUT2D eigenvalue weighted by atomic mass is 10.1. The van der Waals surface area contributed by atoms with Crippen LogP contribution in [0.15, 0.2) is 18.2 Å². The van der Waals surface area contributed by atoms with Crippen molar-refractivity contribution in [3.8, 4) is 0 Å².